The first-order valence-corrected chi connectivity index (χ1v) is 20.7. The SMILES string of the molecule is CC[C@@H](CO)Nc1nc(NCc2ccc(NC(=O)N3CCN(CCCCCc4cccc5c4CN(C4CCC(=O)NC4=O)C5O)CC3)cc2)n2ncc(C(C)C)c2n1. The molecular weight excluding hydrogens is 739 g/mol. The number of hydrogen-bond donors (Lipinski definition) is 6. The first-order valence-electron chi connectivity index (χ1n) is 20.7. The Hall–Kier alpha value is -5.16. The van der Waals surface area contributed by atoms with Crippen LogP contribution >= 0.6 is 0 Å². The second-order valence-electron chi connectivity index (χ2n) is 15.9. The van der Waals surface area contributed by atoms with E-state index >= 15 is 0 Å². The Morgan fingerprint density at radius 2 is 1.81 bits per heavy atom. The lowest BCUT2D eigenvalue weighted by Gasteiger charge is -2.34. The number of aryl methyl sites for hydroxylation is 1. The van der Waals surface area contributed by atoms with E-state index in [1.807, 2.05) is 59.3 Å². The maximum atomic E-state index is 13.2. The van der Waals surface area contributed by atoms with E-state index in [1.54, 1.807) is 4.52 Å². The molecule has 2 fully saturated rings. The summed E-state index contributed by atoms with van der Waals surface area (Å²) < 4.78 is 1.71. The van der Waals surface area contributed by atoms with E-state index in [0.717, 1.165) is 85.3 Å². The summed E-state index contributed by atoms with van der Waals surface area (Å²) in [6.07, 6.45) is 6.49. The van der Waals surface area contributed by atoms with Crippen molar-refractivity contribution in [3.8, 4) is 0 Å². The highest BCUT2D eigenvalue weighted by molar-refractivity contribution is 6.00. The number of aliphatic hydroxyl groups is 2. The summed E-state index contributed by atoms with van der Waals surface area (Å²) in [4.78, 5) is 52.8. The van der Waals surface area contributed by atoms with Crippen LogP contribution in [0.1, 0.15) is 99.3 Å². The number of nitrogens with one attached hydrogen (secondary N) is 4. The zero-order valence-corrected chi connectivity index (χ0v) is 33.8. The number of fused-ring (bicyclic) bond motifs is 2. The third-order valence-electron chi connectivity index (χ3n) is 11.7. The lowest BCUT2D eigenvalue weighted by Crippen LogP contribution is -2.51. The summed E-state index contributed by atoms with van der Waals surface area (Å²) >= 11 is 0. The van der Waals surface area contributed by atoms with Gasteiger partial charge < -0.3 is 31.1 Å². The van der Waals surface area contributed by atoms with Crippen molar-refractivity contribution in [1.29, 1.82) is 0 Å². The van der Waals surface area contributed by atoms with Crippen LogP contribution in [-0.2, 0) is 29.1 Å². The van der Waals surface area contributed by atoms with E-state index in [2.05, 4.69) is 56.2 Å². The lowest BCUT2D eigenvalue weighted by molar-refractivity contribution is -0.141. The van der Waals surface area contributed by atoms with Gasteiger partial charge in [0.1, 0.15) is 6.23 Å². The second kappa shape index (κ2) is 18.6. The van der Waals surface area contributed by atoms with Crippen LogP contribution in [0, 0.1) is 0 Å². The molecule has 2 aromatic heterocycles. The molecule has 4 aromatic rings. The minimum absolute atomic E-state index is 0.0188. The molecule has 16 nitrogen and oxygen atoms in total. The molecule has 5 heterocycles. The van der Waals surface area contributed by atoms with Crippen LogP contribution in [0.4, 0.5) is 22.4 Å². The Morgan fingerprint density at radius 3 is 2.53 bits per heavy atom. The van der Waals surface area contributed by atoms with Gasteiger partial charge in [-0.15, -0.1) is 0 Å². The van der Waals surface area contributed by atoms with Crippen LogP contribution in [0.25, 0.3) is 5.65 Å². The van der Waals surface area contributed by atoms with Crippen molar-refractivity contribution in [2.45, 2.75) is 103 Å². The highest BCUT2D eigenvalue weighted by Gasteiger charge is 2.40. The Labute approximate surface area is 339 Å². The van der Waals surface area contributed by atoms with Crippen LogP contribution in [0.3, 0.4) is 0 Å². The molecular formula is C42H57N11O5. The molecule has 310 valence electrons. The molecule has 0 spiro atoms. The predicted molar refractivity (Wildman–Crippen MR) is 221 cm³/mol. The van der Waals surface area contributed by atoms with Gasteiger partial charge in [-0.05, 0) is 73.4 Å². The van der Waals surface area contributed by atoms with Gasteiger partial charge in [0.2, 0.25) is 23.7 Å². The van der Waals surface area contributed by atoms with Gasteiger partial charge in [0.15, 0.2) is 5.65 Å². The largest absolute Gasteiger partial charge is 0.394 e. The van der Waals surface area contributed by atoms with Crippen molar-refractivity contribution in [2.75, 3.05) is 55.3 Å². The number of piperazine rings is 1. The number of nitrogens with zero attached hydrogens (tertiary/aromatic N) is 7. The van der Waals surface area contributed by atoms with Crippen LogP contribution in [0.15, 0.2) is 48.7 Å². The van der Waals surface area contributed by atoms with Crippen LogP contribution < -0.4 is 21.3 Å². The fraction of sp³-hybridized carbons (Fsp3) is 0.524. The van der Waals surface area contributed by atoms with Crippen LogP contribution in [0.2, 0.25) is 0 Å². The van der Waals surface area contributed by atoms with Gasteiger partial charge in [-0.2, -0.15) is 19.6 Å². The number of benzene rings is 2. The quantitative estimate of drug-likeness (QED) is 0.0701. The minimum atomic E-state index is -0.844. The maximum Gasteiger partial charge on any atom is 0.321 e. The molecule has 3 atom stereocenters. The highest BCUT2D eigenvalue weighted by Crippen LogP contribution is 2.37. The van der Waals surface area contributed by atoms with E-state index in [-0.39, 0.29) is 42.8 Å². The Morgan fingerprint density at radius 1 is 1.02 bits per heavy atom. The predicted octanol–water partition coefficient (Wildman–Crippen LogP) is 4.22. The number of aliphatic hydroxyl groups excluding tert-OH is 2. The Balaban J connectivity index is 0.827. The molecule has 16 heteroatoms. The molecule has 0 saturated carbocycles. The summed E-state index contributed by atoms with van der Waals surface area (Å²) in [7, 11) is 0. The number of hydrogen-bond acceptors (Lipinski definition) is 12. The normalized spacial score (nSPS) is 19.4. The number of carbonyl (C=O) groups is 3. The van der Waals surface area contributed by atoms with E-state index < -0.39 is 12.3 Å². The number of rotatable bonds is 16. The monoisotopic (exact) mass is 795 g/mol. The summed E-state index contributed by atoms with van der Waals surface area (Å²) in [5, 5.41) is 37.4. The third kappa shape index (κ3) is 9.41. The second-order valence-corrected chi connectivity index (χ2v) is 15.9. The maximum absolute atomic E-state index is 13.2. The number of anilines is 3. The number of piperidine rings is 1. The summed E-state index contributed by atoms with van der Waals surface area (Å²) in [6.45, 7) is 11.2. The molecule has 2 unspecified atom stereocenters. The van der Waals surface area contributed by atoms with Gasteiger partial charge in [0, 0.05) is 62.5 Å². The van der Waals surface area contributed by atoms with Crippen LogP contribution in [-0.4, -0.2) is 114 Å². The van der Waals surface area contributed by atoms with Crippen molar-refractivity contribution in [1.82, 2.24) is 39.6 Å². The number of urea groups is 1. The molecule has 58 heavy (non-hydrogen) atoms. The first kappa shape index (κ1) is 41.0. The van der Waals surface area contributed by atoms with Gasteiger partial charge in [-0.25, -0.2) is 4.79 Å². The lowest BCUT2D eigenvalue weighted by atomic mass is 9.98. The van der Waals surface area contributed by atoms with E-state index in [0.29, 0.717) is 44.5 Å². The van der Waals surface area contributed by atoms with E-state index in [1.165, 1.54) is 5.56 Å². The number of amides is 4. The van der Waals surface area contributed by atoms with Gasteiger partial charge in [0.25, 0.3) is 0 Å². The smallest absolute Gasteiger partial charge is 0.321 e. The van der Waals surface area contributed by atoms with E-state index in [9.17, 15) is 24.6 Å². The molecule has 0 bridgehead atoms. The fourth-order valence-electron chi connectivity index (χ4n) is 8.08. The Kier molecular flexibility index (Phi) is 13.2. The number of carbonyl (C=O) groups excluding carboxylic acids is 3. The molecule has 2 aromatic carbocycles. The number of aromatic nitrogens is 4. The topological polar surface area (TPSA) is 193 Å². The molecule has 4 amide bonds. The van der Waals surface area contributed by atoms with Gasteiger partial charge >= 0.3 is 6.03 Å². The number of unbranched alkanes of at least 4 members (excludes halogenated alkanes) is 2. The van der Waals surface area contributed by atoms with Crippen LogP contribution in [0.5, 0.6) is 0 Å². The molecule has 3 aliphatic rings. The molecule has 3 aliphatic heterocycles. The fourth-order valence-corrected chi connectivity index (χ4v) is 8.08. The highest BCUT2D eigenvalue weighted by atomic mass is 16.3. The molecule has 7 rings (SSSR count). The van der Waals surface area contributed by atoms with Crippen molar-refractivity contribution in [2.24, 2.45) is 0 Å². The van der Waals surface area contributed by atoms with Crippen molar-refractivity contribution < 1.29 is 24.6 Å². The summed E-state index contributed by atoms with van der Waals surface area (Å²) in [5.74, 6) is 0.628. The zero-order valence-electron chi connectivity index (χ0n) is 33.8. The molecule has 6 N–H and O–H groups in total. The van der Waals surface area contributed by atoms with Gasteiger partial charge in [0.05, 0.1) is 24.9 Å². The standard InChI is InChI=1S/C42H57N11O5/c1-4-30(26-54)45-40-48-37-33(27(2)3)24-44-53(37)41(49-40)43-23-28-12-14-31(15-13-28)46-42(58)51-21-19-50(20-22-51)18-7-5-6-9-29-10-8-11-32-34(29)25-52(39(32)57)35-16-17-36(55)47-38(35)56/h8,10-15,24,27,30,35,39,54,57H,4-7,9,16-23,25-26H2,1-3H3,(H,46,58)(H,47,55,56)(H2,43,45,48,49)/t30-,35?,39?/m0/s1. The van der Waals surface area contributed by atoms with Crippen molar-refractivity contribution in [3.63, 3.8) is 0 Å². The molecule has 0 aliphatic carbocycles. The van der Waals surface area contributed by atoms with Gasteiger partial charge in [-0.3, -0.25) is 24.7 Å². The van der Waals surface area contributed by atoms with Crippen molar-refractivity contribution >= 4 is 41.1 Å². The average molecular weight is 796 g/mol. The average Bonchev–Trinajstić information content (AvgIpc) is 3.81. The number of imide groups is 1. The minimum Gasteiger partial charge on any atom is -0.394 e. The first-order chi connectivity index (χ1) is 28.1. The molecule has 2 saturated heterocycles. The zero-order chi connectivity index (χ0) is 40.8. The summed E-state index contributed by atoms with van der Waals surface area (Å²) in [5.41, 5.74) is 6.64. The summed E-state index contributed by atoms with van der Waals surface area (Å²) in [6, 6.07) is 13.0. The molecule has 0 radical (unpaired) electrons. The Bertz CT molecular complexity index is 2060. The van der Waals surface area contributed by atoms with Crippen molar-refractivity contribution in [3.05, 3.63) is 76.5 Å². The van der Waals surface area contributed by atoms with E-state index in [4.69, 9.17) is 4.98 Å². The van der Waals surface area contributed by atoms with Gasteiger partial charge in [-0.1, -0.05) is 57.5 Å². The third-order valence-corrected chi connectivity index (χ3v) is 11.7.